The number of unbranched alkanes of at least 4 members (excludes halogenated alkanes) is 1. The molecule has 0 amide bonds. The summed E-state index contributed by atoms with van der Waals surface area (Å²) >= 11 is 0. The standard InChI is InChI=1S/C19H20O5/c20-12-4-5-13-23-18(21)16-8-10-17(11-9-16)19(22)24-14-15-6-2-1-3-7-15/h1-3,6-11,20H,4-5,12-14H2. The van der Waals surface area contributed by atoms with Gasteiger partial charge in [-0.05, 0) is 42.7 Å². The zero-order valence-electron chi connectivity index (χ0n) is 13.3. The van der Waals surface area contributed by atoms with Crippen LogP contribution in [0.1, 0.15) is 39.1 Å². The minimum absolute atomic E-state index is 0.0807. The van der Waals surface area contributed by atoms with Crippen LogP contribution in [0, 0.1) is 0 Å². The largest absolute Gasteiger partial charge is 0.462 e. The molecule has 0 heterocycles. The summed E-state index contributed by atoms with van der Waals surface area (Å²) in [6, 6.07) is 15.6. The van der Waals surface area contributed by atoms with Gasteiger partial charge in [0.1, 0.15) is 6.61 Å². The van der Waals surface area contributed by atoms with Crippen LogP contribution < -0.4 is 0 Å². The fourth-order valence-corrected chi connectivity index (χ4v) is 2.01. The van der Waals surface area contributed by atoms with Crippen LogP contribution in [0.5, 0.6) is 0 Å². The maximum atomic E-state index is 12.0. The van der Waals surface area contributed by atoms with Crippen LogP contribution in [0.4, 0.5) is 0 Å². The normalized spacial score (nSPS) is 10.2. The second kappa shape index (κ2) is 9.47. The van der Waals surface area contributed by atoms with E-state index < -0.39 is 11.9 Å². The highest BCUT2D eigenvalue weighted by atomic mass is 16.5. The molecule has 0 unspecified atom stereocenters. The third kappa shape index (κ3) is 5.52. The Balaban J connectivity index is 1.84. The van der Waals surface area contributed by atoms with Gasteiger partial charge in [0.05, 0.1) is 17.7 Å². The molecule has 2 rings (SSSR count). The molecular weight excluding hydrogens is 308 g/mol. The molecule has 24 heavy (non-hydrogen) atoms. The first kappa shape index (κ1) is 17.7. The molecule has 0 fully saturated rings. The van der Waals surface area contributed by atoms with Gasteiger partial charge in [-0.25, -0.2) is 9.59 Å². The number of carbonyl (C=O) groups is 2. The van der Waals surface area contributed by atoms with Gasteiger partial charge in [-0.1, -0.05) is 30.3 Å². The fourth-order valence-electron chi connectivity index (χ4n) is 2.01. The maximum Gasteiger partial charge on any atom is 0.338 e. The zero-order chi connectivity index (χ0) is 17.2. The summed E-state index contributed by atoms with van der Waals surface area (Å²) in [7, 11) is 0. The van der Waals surface area contributed by atoms with E-state index in [0.717, 1.165) is 5.56 Å². The van der Waals surface area contributed by atoms with Crippen molar-refractivity contribution >= 4 is 11.9 Å². The number of hydrogen-bond donors (Lipinski definition) is 1. The summed E-state index contributed by atoms with van der Waals surface area (Å²) in [4.78, 5) is 23.8. The summed E-state index contributed by atoms with van der Waals surface area (Å²) in [5.74, 6) is -0.890. The smallest absolute Gasteiger partial charge is 0.338 e. The molecule has 0 saturated carbocycles. The highest BCUT2D eigenvalue weighted by Gasteiger charge is 2.11. The van der Waals surface area contributed by atoms with Crippen molar-refractivity contribution in [3.8, 4) is 0 Å². The second-order valence-electron chi connectivity index (χ2n) is 5.21. The summed E-state index contributed by atoms with van der Waals surface area (Å²) in [5, 5.41) is 8.66. The van der Waals surface area contributed by atoms with Gasteiger partial charge in [-0.15, -0.1) is 0 Å². The zero-order valence-corrected chi connectivity index (χ0v) is 13.3. The highest BCUT2D eigenvalue weighted by Crippen LogP contribution is 2.09. The molecule has 126 valence electrons. The Morgan fingerprint density at radius 1 is 0.792 bits per heavy atom. The van der Waals surface area contributed by atoms with Gasteiger partial charge in [-0.2, -0.15) is 0 Å². The monoisotopic (exact) mass is 328 g/mol. The number of carbonyl (C=O) groups excluding carboxylic acids is 2. The molecule has 5 nitrogen and oxygen atoms in total. The van der Waals surface area contributed by atoms with E-state index in [4.69, 9.17) is 14.6 Å². The van der Waals surface area contributed by atoms with Crippen LogP contribution in [0.25, 0.3) is 0 Å². The molecule has 2 aromatic rings. The molecule has 0 atom stereocenters. The Hall–Kier alpha value is -2.66. The Morgan fingerprint density at radius 2 is 1.38 bits per heavy atom. The van der Waals surface area contributed by atoms with Gasteiger partial charge in [0.15, 0.2) is 0 Å². The van der Waals surface area contributed by atoms with Crippen LogP contribution >= 0.6 is 0 Å². The van der Waals surface area contributed by atoms with E-state index in [-0.39, 0.29) is 19.8 Å². The number of hydrogen-bond acceptors (Lipinski definition) is 5. The van der Waals surface area contributed by atoms with E-state index in [0.29, 0.717) is 24.0 Å². The van der Waals surface area contributed by atoms with Crippen LogP contribution in [0.3, 0.4) is 0 Å². The molecule has 2 aromatic carbocycles. The second-order valence-corrected chi connectivity index (χ2v) is 5.21. The molecule has 0 saturated heterocycles. The van der Waals surface area contributed by atoms with Crippen molar-refractivity contribution in [2.24, 2.45) is 0 Å². The lowest BCUT2D eigenvalue weighted by Crippen LogP contribution is -2.09. The average molecular weight is 328 g/mol. The minimum Gasteiger partial charge on any atom is -0.462 e. The highest BCUT2D eigenvalue weighted by molar-refractivity contribution is 5.93. The van der Waals surface area contributed by atoms with Gasteiger partial charge in [0.25, 0.3) is 0 Å². The summed E-state index contributed by atoms with van der Waals surface area (Å²) in [6.45, 7) is 0.548. The van der Waals surface area contributed by atoms with Gasteiger partial charge in [0, 0.05) is 6.61 Å². The predicted molar refractivity (Wildman–Crippen MR) is 88.6 cm³/mol. The van der Waals surface area contributed by atoms with Crippen molar-refractivity contribution in [1.82, 2.24) is 0 Å². The van der Waals surface area contributed by atoms with Crippen LogP contribution in [0.15, 0.2) is 54.6 Å². The van der Waals surface area contributed by atoms with Crippen molar-refractivity contribution < 1.29 is 24.2 Å². The maximum absolute atomic E-state index is 12.0. The predicted octanol–water partition coefficient (Wildman–Crippen LogP) is 2.97. The number of esters is 2. The molecule has 5 heteroatoms. The molecule has 0 aliphatic carbocycles. The third-order valence-corrected chi connectivity index (χ3v) is 3.35. The molecule has 0 bridgehead atoms. The van der Waals surface area contributed by atoms with Gasteiger partial charge in [0.2, 0.25) is 0 Å². The Labute approximate surface area is 140 Å². The molecule has 0 spiro atoms. The lowest BCUT2D eigenvalue weighted by Gasteiger charge is -2.06. The first-order chi connectivity index (χ1) is 11.7. The van der Waals surface area contributed by atoms with Crippen molar-refractivity contribution in [3.05, 3.63) is 71.3 Å². The summed E-state index contributed by atoms with van der Waals surface area (Å²) < 4.78 is 10.3. The van der Waals surface area contributed by atoms with Crippen LogP contribution in [-0.2, 0) is 16.1 Å². The number of ether oxygens (including phenoxy) is 2. The van der Waals surface area contributed by atoms with E-state index in [1.807, 2.05) is 30.3 Å². The molecule has 0 radical (unpaired) electrons. The van der Waals surface area contributed by atoms with Crippen molar-refractivity contribution in [2.45, 2.75) is 19.4 Å². The number of rotatable bonds is 8. The topological polar surface area (TPSA) is 72.8 Å². The molecule has 0 aliphatic heterocycles. The Bertz CT molecular complexity index is 649. The van der Waals surface area contributed by atoms with E-state index in [1.54, 1.807) is 0 Å². The molecular formula is C19H20O5. The number of aliphatic hydroxyl groups is 1. The lowest BCUT2D eigenvalue weighted by molar-refractivity contribution is 0.0465. The third-order valence-electron chi connectivity index (χ3n) is 3.35. The Morgan fingerprint density at radius 3 is 1.96 bits per heavy atom. The lowest BCUT2D eigenvalue weighted by atomic mass is 10.1. The van der Waals surface area contributed by atoms with E-state index >= 15 is 0 Å². The van der Waals surface area contributed by atoms with Crippen molar-refractivity contribution in [3.63, 3.8) is 0 Å². The Kier molecular flexibility index (Phi) is 6.98. The van der Waals surface area contributed by atoms with Gasteiger partial charge in [-0.3, -0.25) is 0 Å². The summed E-state index contributed by atoms with van der Waals surface area (Å²) in [6.07, 6.45) is 1.21. The van der Waals surface area contributed by atoms with E-state index in [1.165, 1.54) is 24.3 Å². The van der Waals surface area contributed by atoms with Crippen molar-refractivity contribution in [1.29, 1.82) is 0 Å². The molecule has 0 aliphatic rings. The van der Waals surface area contributed by atoms with Gasteiger partial charge < -0.3 is 14.6 Å². The van der Waals surface area contributed by atoms with Crippen LogP contribution in [-0.4, -0.2) is 30.3 Å². The molecule has 0 aromatic heterocycles. The summed E-state index contributed by atoms with van der Waals surface area (Å²) in [5.41, 5.74) is 1.66. The fraction of sp³-hybridized carbons (Fsp3) is 0.263. The van der Waals surface area contributed by atoms with E-state index in [9.17, 15) is 9.59 Å². The van der Waals surface area contributed by atoms with Gasteiger partial charge >= 0.3 is 11.9 Å². The first-order valence-electron chi connectivity index (χ1n) is 7.80. The van der Waals surface area contributed by atoms with Crippen molar-refractivity contribution in [2.75, 3.05) is 13.2 Å². The average Bonchev–Trinajstić information content (AvgIpc) is 2.64. The first-order valence-corrected chi connectivity index (χ1v) is 7.80. The SMILES string of the molecule is O=C(OCCCCO)c1ccc(C(=O)OCc2ccccc2)cc1. The van der Waals surface area contributed by atoms with Crippen LogP contribution in [0.2, 0.25) is 0 Å². The minimum atomic E-state index is -0.447. The quantitative estimate of drug-likeness (QED) is 0.596. The molecule has 1 N–H and O–H groups in total. The van der Waals surface area contributed by atoms with E-state index in [2.05, 4.69) is 0 Å². The number of benzene rings is 2. The number of aliphatic hydroxyl groups excluding tert-OH is 1.